The number of benzene rings is 2. The average molecular weight is 459 g/mol. The van der Waals surface area contributed by atoms with Gasteiger partial charge in [-0.15, -0.1) is 0 Å². The molecule has 3 rings (SSSR count). The molecule has 1 aliphatic heterocycles. The number of amides is 3. The molecule has 1 atom stereocenters. The van der Waals surface area contributed by atoms with E-state index >= 15 is 0 Å². The number of para-hydroxylation sites is 1. The predicted molar refractivity (Wildman–Crippen MR) is 120 cm³/mol. The minimum Gasteiger partial charge on any atom is -0.483 e. The van der Waals surface area contributed by atoms with E-state index in [1.165, 1.54) is 6.21 Å². The first-order valence-corrected chi connectivity index (χ1v) is 10.4. The maximum absolute atomic E-state index is 12.1. The molecule has 168 valence electrons. The Morgan fingerprint density at radius 2 is 2.00 bits per heavy atom. The molecule has 3 amide bonds. The van der Waals surface area contributed by atoms with Crippen molar-refractivity contribution in [3.8, 4) is 5.75 Å². The summed E-state index contributed by atoms with van der Waals surface area (Å²) in [6, 6.07) is 13.6. The zero-order valence-electron chi connectivity index (χ0n) is 17.2. The first-order valence-electron chi connectivity index (χ1n) is 10.0. The van der Waals surface area contributed by atoms with Gasteiger partial charge >= 0.3 is 11.8 Å². The summed E-state index contributed by atoms with van der Waals surface area (Å²) >= 11 is 5.90. The highest BCUT2D eigenvalue weighted by Crippen LogP contribution is 2.17. The number of nitrogens with zero attached hydrogens (tertiary/aromatic N) is 1. The maximum atomic E-state index is 12.1. The van der Waals surface area contributed by atoms with E-state index in [0.29, 0.717) is 28.6 Å². The second kappa shape index (κ2) is 11.8. The SMILES string of the molecule is O=C(COc1ccccc1/C=N\NC(=O)C(=O)NC[C@@H]1CCCO1)Nc1cccc(Cl)c1. The second-order valence-electron chi connectivity index (χ2n) is 6.93. The van der Waals surface area contributed by atoms with Crippen molar-refractivity contribution in [2.24, 2.45) is 5.10 Å². The Bertz CT molecular complexity index is 992. The summed E-state index contributed by atoms with van der Waals surface area (Å²) in [4.78, 5) is 35.8. The molecule has 1 saturated heterocycles. The number of rotatable bonds is 8. The van der Waals surface area contributed by atoms with Crippen LogP contribution in [0.25, 0.3) is 0 Å². The van der Waals surface area contributed by atoms with Gasteiger partial charge in [-0.05, 0) is 43.2 Å². The van der Waals surface area contributed by atoms with Crippen LogP contribution in [0.5, 0.6) is 5.75 Å². The number of hydrogen-bond donors (Lipinski definition) is 3. The van der Waals surface area contributed by atoms with Crippen LogP contribution in [0, 0.1) is 0 Å². The summed E-state index contributed by atoms with van der Waals surface area (Å²) in [6.07, 6.45) is 3.07. The van der Waals surface area contributed by atoms with E-state index in [2.05, 4.69) is 21.2 Å². The first kappa shape index (κ1) is 23.2. The van der Waals surface area contributed by atoms with Crippen LogP contribution in [0.1, 0.15) is 18.4 Å². The quantitative estimate of drug-likeness (QED) is 0.318. The number of halogens is 1. The highest BCUT2D eigenvalue weighted by Gasteiger charge is 2.19. The fourth-order valence-electron chi connectivity index (χ4n) is 2.93. The highest BCUT2D eigenvalue weighted by atomic mass is 35.5. The molecule has 0 bridgehead atoms. The van der Waals surface area contributed by atoms with E-state index < -0.39 is 11.8 Å². The van der Waals surface area contributed by atoms with Gasteiger partial charge in [0.1, 0.15) is 5.75 Å². The largest absolute Gasteiger partial charge is 0.483 e. The third-order valence-corrected chi connectivity index (χ3v) is 4.71. The third kappa shape index (κ3) is 7.36. The van der Waals surface area contributed by atoms with Crippen molar-refractivity contribution in [3.05, 3.63) is 59.1 Å². The van der Waals surface area contributed by atoms with Crippen LogP contribution in [0.15, 0.2) is 53.6 Å². The van der Waals surface area contributed by atoms with Gasteiger partial charge in [-0.25, -0.2) is 5.43 Å². The molecule has 2 aromatic rings. The molecule has 1 aliphatic rings. The van der Waals surface area contributed by atoms with Gasteiger partial charge in [0.25, 0.3) is 5.91 Å². The van der Waals surface area contributed by atoms with E-state index in [-0.39, 0.29) is 25.2 Å². The summed E-state index contributed by atoms with van der Waals surface area (Å²) in [5.74, 6) is -1.66. The van der Waals surface area contributed by atoms with E-state index in [0.717, 1.165) is 12.8 Å². The Balaban J connectivity index is 1.47. The zero-order valence-corrected chi connectivity index (χ0v) is 17.9. The Morgan fingerprint density at radius 1 is 1.16 bits per heavy atom. The van der Waals surface area contributed by atoms with Gasteiger partial charge in [0.15, 0.2) is 6.61 Å². The molecular formula is C22H23ClN4O5. The second-order valence-corrected chi connectivity index (χ2v) is 7.37. The lowest BCUT2D eigenvalue weighted by atomic mass is 10.2. The van der Waals surface area contributed by atoms with Crippen LogP contribution >= 0.6 is 11.6 Å². The first-order chi connectivity index (χ1) is 15.5. The minimum absolute atomic E-state index is 0.0599. The number of carbonyl (C=O) groups excluding carboxylic acids is 3. The van der Waals surface area contributed by atoms with Gasteiger partial charge in [0, 0.05) is 29.4 Å². The predicted octanol–water partition coefficient (Wildman–Crippen LogP) is 2.10. The van der Waals surface area contributed by atoms with Gasteiger partial charge in [-0.2, -0.15) is 5.10 Å². The monoisotopic (exact) mass is 458 g/mol. The molecule has 32 heavy (non-hydrogen) atoms. The number of hydrogen-bond acceptors (Lipinski definition) is 6. The topological polar surface area (TPSA) is 118 Å². The lowest BCUT2D eigenvalue weighted by molar-refractivity contribution is -0.139. The minimum atomic E-state index is -0.890. The lowest BCUT2D eigenvalue weighted by Gasteiger charge is -2.10. The molecule has 1 fully saturated rings. The number of nitrogens with one attached hydrogen (secondary N) is 3. The molecule has 9 nitrogen and oxygen atoms in total. The van der Waals surface area contributed by atoms with E-state index in [9.17, 15) is 14.4 Å². The third-order valence-electron chi connectivity index (χ3n) is 4.48. The van der Waals surface area contributed by atoms with E-state index in [1.807, 2.05) is 0 Å². The van der Waals surface area contributed by atoms with Crippen molar-refractivity contribution < 1.29 is 23.9 Å². The highest BCUT2D eigenvalue weighted by molar-refractivity contribution is 6.35. The number of anilines is 1. The molecule has 0 radical (unpaired) electrons. The Morgan fingerprint density at radius 3 is 2.78 bits per heavy atom. The summed E-state index contributed by atoms with van der Waals surface area (Å²) < 4.78 is 10.9. The normalized spacial score (nSPS) is 15.3. The van der Waals surface area contributed by atoms with Gasteiger partial charge in [-0.3, -0.25) is 14.4 Å². The molecule has 0 unspecified atom stereocenters. The van der Waals surface area contributed by atoms with E-state index in [1.54, 1.807) is 48.5 Å². The van der Waals surface area contributed by atoms with Gasteiger partial charge in [0.2, 0.25) is 0 Å². The molecule has 10 heteroatoms. The van der Waals surface area contributed by atoms with Crippen LogP contribution in [0.3, 0.4) is 0 Å². The van der Waals surface area contributed by atoms with Gasteiger partial charge < -0.3 is 20.1 Å². The van der Waals surface area contributed by atoms with Crippen LogP contribution in [0.2, 0.25) is 5.02 Å². The summed E-state index contributed by atoms with van der Waals surface area (Å²) in [7, 11) is 0. The number of carbonyl (C=O) groups is 3. The zero-order chi connectivity index (χ0) is 22.8. The Hall–Kier alpha value is -3.43. The molecule has 0 aliphatic carbocycles. The fraction of sp³-hybridized carbons (Fsp3) is 0.273. The molecular weight excluding hydrogens is 436 g/mol. The maximum Gasteiger partial charge on any atom is 0.329 e. The molecule has 0 saturated carbocycles. The Labute approximate surface area is 190 Å². The lowest BCUT2D eigenvalue weighted by Crippen LogP contribution is -2.41. The standard InChI is InChI=1S/C22H23ClN4O5/c23-16-6-3-7-17(11-16)26-20(28)14-32-19-9-2-1-5-15(19)12-25-27-22(30)21(29)24-13-18-8-4-10-31-18/h1-3,5-7,9,11-12,18H,4,8,10,13-14H2,(H,24,29)(H,26,28)(H,27,30)/b25-12-/t18-/m0/s1. The summed E-state index contributed by atoms with van der Waals surface area (Å²) in [5, 5.41) is 9.50. The van der Waals surface area contributed by atoms with Crippen molar-refractivity contribution in [2.75, 3.05) is 25.1 Å². The van der Waals surface area contributed by atoms with Crippen LogP contribution in [-0.4, -0.2) is 49.8 Å². The number of hydrazone groups is 1. The molecule has 0 spiro atoms. The van der Waals surface area contributed by atoms with Crippen molar-refractivity contribution in [2.45, 2.75) is 18.9 Å². The van der Waals surface area contributed by atoms with Crippen LogP contribution in [-0.2, 0) is 19.1 Å². The van der Waals surface area contributed by atoms with E-state index in [4.69, 9.17) is 21.1 Å². The van der Waals surface area contributed by atoms with Crippen molar-refractivity contribution in [3.63, 3.8) is 0 Å². The van der Waals surface area contributed by atoms with Crippen LogP contribution < -0.4 is 20.8 Å². The summed E-state index contributed by atoms with van der Waals surface area (Å²) in [6.45, 7) is 0.708. The smallest absolute Gasteiger partial charge is 0.329 e. The fourth-order valence-corrected chi connectivity index (χ4v) is 3.12. The molecule has 1 heterocycles. The van der Waals surface area contributed by atoms with Crippen molar-refractivity contribution in [1.29, 1.82) is 0 Å². The van der Waals surface area contributed by atoms with Crippen molar-refractivity contribution >= 4 is 41.2 Å². The summed E-state index contributed by atoms with van der Waals surface area (Å²) in [5.41, 5.74) is 3.24. The Kier molecular flexibility index (Phi) is 8.59. The average Bonchev–Trinajstić information content (AvgIpc) is 3.30. The molecule has 2 aromatic carbocycles. The molecule has 0 aromatic heterocycles. The number of ether oxygens (including phenoxy) is 2. The van der Waals surface area contributed by atoms with Gasteiger partial charge in [-0.1, -0.05) is 29.8 Å². The van der Waals surface area contributed by atoms with Crippen molar-refractivity contribution in [1.82, 2.24) is 10.7 Å². The van der Waals surface area contributed by atoms with Crippen LogP contribution in [0.4, 0.5) is 5.69 Å². The molecule has 3 N–H and O–H groups in total. The van der Waals surface area contributed by atoms with Gasteiger partial charge in [0.05, 0.1) is 12.3 Å².